The number of aromatic hydroxyl groups is 1. The third kappa shape index (κ3) is 11.6. The van der Waals surface area contributed by atoms with Crippen molar-refractivity contribution < 1.29 is 49.3 Å². The molecule has 2 saturated heterocycles. The van der Waals surface area contributed by atoms with E-state index in [2.05, 4.69) is 12.1 Å². The van der Waals surface area contributed by atoms with Gasteiger partial charge in [-0.25, -0.2) is 0 Å². The van der Waals surface area contributed by atoms with Crippen LogP contribution in [0, 0.1) is 31.6 Å². The van der Waals surface area contributed by atoms with Crippen molar-refractivity contribution in [1.82, 2.24) is 0 Å². The first kappa shape index (κ1) is 46.9. The van der Waals surface area contributed by atoms with Gasteiger partial charge in [0.25, 0.3) is 0 Å². The molecule has 13 nitrogen and oxygen atoms in total. The van der Waals surface area contributed by atoms with Crippen molar-refractivity contribution in [2.24, 2.45) is 5.41 Å². The first-order valence-corrected chi connectivity index (χ1v) is 23.5. The molecular formula is C46H57IN2O11. The number of phenolic OH excluding ortho intramolecular Hbond substituents is 1. The number of rotatable bonds is 14. The van der Waals surface area contributed by atoms with Crippen LogP contribution in [0.25, 0.3) is 0 Å². The summed E-state index contributed by atoms with van der Waals surface area (Å²) in [6.45, 7) is 7.17. The number of benzene rings is 2. The Hall–Kier alpha value is -4.16. The number of hydrogen-bond donors (Lipinski definition) is 1. The Morgan fingerprint density at radius 3 is 2.00 bits per heavy atom. The Morgan fingerprint density at radius 1 is 0.867 bits per heavy atom. The minimum absolute atomic E-state index is 0.0157. The molecule has 0 amide bonds. The van der Waals surface area contributed by atoms with Crippen molar-refractivity contribution in [1.29, 1.82) is 10.5 Å². The van der Waals surface area contributed by atoms with Gasteiger partial charge in [-0.2, -0.15) is 10.5 Å². The third-order valence-corrected chi connectivity index (χ3v) is 15.1. The van der Waals surface area contributed by atoms with Crippen molar-refractivity contribution in [2.45, 2.75) is 121 Å². The predicted molar refractivity (Wildman–Crippen MR) is 229 cm³/mol. The molecule has 2 heterocycles. The Labute approximate surface area is 361 Å². The van der Waals surface area contributed by atoms with Crippen LogP contribution >= 0.6 is 20.6 Å². The average Bonchev–Trinajstić information content (AvgIpc) is 3.24. The minimum atomic E-state index is -2.59. The zero-order valence-electron chi connectivity index (χ0n) is 35.0. The SMILES string of the molecule is CC(=O)OI(OC(C)=O)c1ccccc1.COC12C=C(C)C(=O)C=C1CC2(C#N)CCCOC1CCCCO1.N#CC1(CCCOC2CCCCO2)Cc2cc(O)ccc21. The molecule has 3 fully saturated rings. The monoisotopic (exact) mass is 940 g/mol. The van der Waals surface area contributed by atoms with Gasteiger partial charge in [-0.1, -0.05) is 6.07 Å². The zero-order valence-corrected chi connectivity index (χ0v) is 37.2. The topological polar surface area (TPSA) is 184 Å². The smallest absolute Gasteiger partial charge is 0.181 e. The fraction of sp³-hybridized carbons (Fsp3) is 0.543. The van der Waals surface area contributed by atoms with Crippen LogP contribution in [0.4, 0.5) is 0 Å². The Bertz CT molecular complexity index is 1930. The van der Waals surface area contributed by atoms with Crippen LogP contribution in [-0.2, 0) is 56.0 Å². The number of hydrogen-bond acceptors (Lipinski definition) is 13. The molecule has 0 bridgehead atoms. The van der Waals surface area contributed by atoms with E-state index in [1.807, 2.05) is 30.3 Å². The van der Waals surface area contributed by atoms with Crippen molar-refractivity contribution in [3.63, 3.8) is 0 Å². The maximum absolute atomic E-state index is 11.9. The molecule has 5 unspecified atom stereocenters. The molecule has 0 radical (unpaired) electrons. The average molecular weight is 941 g/mol. The molecule has 5 atom stereocenters. The van der Waals surface area contributed by atoms with Crippen molar-refractivity contribution in [2.75, 3.05) is 33.5 Å². The largest absolute Gasteiger partial charge is 0.508 e. The molecule has 3 aliphatic carbocycles. The quantitative estimate of drug-likeness (QED) is 0.141. The second kappa shape index (κ2) is 22.1. The van der Waals surface area contributed by atoms with Gasteiger partial charge in [0, 0.05) is 33.5 Å². The Kier molecular flexibility index (Phi) is 17.3. The molecule has 60 heavy (non-hydrogen) atoms. The van der Waals surface area contributed by atoms with Gasteiger partial charge in [-0.05, 0) is 131 Å². The Morgan fingerprint density at radius 2 is 1.48 bits per heavy atom. The van der Waals surface area contributed by atoms with Crippen molar-refractivity contribution in [3.05, 3.63) is 86.5 Å². The summed E-state index contributed by atoms with van der Waals surface area (Å²) in [6, 6.07) is 19.3. The van der Waals surface area contributed by atoms with Crippen LogP contribution < -0.4 is 0 Å². The van der Waals surface area contributed by atoms with Crippen LogP contribution in [-0.4, -0.2) is 74.5 Å². The minimum Gasteiger partial charge on any atom is -0.508 e. The molecule has 14 heteroatoms. The fourth-order valence-electron chi connectivity index (χ4n) is 8.23. The van der Waals surface area contributed by atoms with Gasteiger partial charge in [0.15, 0.2) is 18.4 Å². The molecule has 7 rings (SSSR count). The van der Waals surface area contributed by atoms with Crippen LogP contribution in [0.3, 0.4) is 0 Å². The van der Waals surface area contributed by atoms with E-state index in [-0.39, 0.29) is 29.5 Å². The van der Waals surface area contributed by atoms with Gasteiger partial charge in [-0.3, -0.25) is 4.79 Å². The van der Waals surface area contributed by atoms with E-state index in [0.717, 1.165) is 91.3 Å². The summed E-state index contributed by atoms with van der Waals surface area (Å²) in [5.74, 6) is -0.560. The second-order valence-corrected chi connectivity index (χ2v) is 18.9. The molecule has 2 aromatic rings. The van der Waals surface area contributed by atoms with E-state index in [1.165, 1.54) is 20.3 Å². The summed E-state index contributed by atoms with van der Waals surface area (Å²) in [5.41, 5.74) is 1.96. The number of halogens is 1. The number of allylic oxidation sites excluding steroid dienone is 2. The number of nitriles is 2. The molecule has 0 aromatic heterocycles. The van der Waals surface area contributed by atoms with Crippen LogP contribution in [0.2, 0.25) is 0 Å². The third-order valence-electron chi connectivity index (χ3n) is 11.3. The van der Waals surface area contributed by atoms with Crippen molar-refractivity contribution >= 4 is 38.4 Å². The number of carbonyl (C=O) groups is 3. The van der Waals surface area contributed by atoms with E-state index < -0.39 is 43.6 Å². The number of nitrogens with zero attached hydrogens (tertiary/aromatic N) is 2. The van der Waals surface area contributed by atoms with E-state index in [9.17, 15) is 30.0 Å². The molecule has 1 N–H and O–H groups in total. The van der Waals surface area contributed by atoms with E-state index in [4.69, 9.17) is 29.8 Å². The number of methoxy groups -OCH3 is 1. The molecule has 1 saturated carbocycles. The second-order valence-electron chi connectivity index (χ2n) is 15.6. The predicted octanol–water partition coefficient (Wildman–Crippen LogP) is 8.42. The molecule has 2 aromatic carbocycles. The molecule has 2 aliphatic heterocycles. The van der Waals surface area contributed by atoms with Gasteiger partial charge in [0.05, 0.1) is 23.0 Å². The van der Waals surface area contributed by atoms with Crippen LogP contribution in [0.5, 0.6) is 5.75 Å². The van der Waals surface area contributed by atoms with Gasteiger partial charge >= 0.3 is 96.1 Å². The molecule has 0 spiro atoms. The van der Waals surface area contributed by atoms with Crippen molar-refractivity contribution in [3.8, 4) is 17.9 Å². The van der Waals surface area contributed by atoms with Crippen LogP contribution in [0.15, 0.2) is 71.8 Å². The fourth-order valence-corrected chi connectivity index (χ4v) is 11.0. The number of ketones is 1. The first-order chi connectivity index (χ1) is 28.9. The maximum atomic E-state index is 11.9. The molecule has 5 aliphatic rings. The summed E-state index contributed by atoms with van der Waals surface area (Å²) >= 11 is -2.59. The number of ether oxygens (including phenoxy) is 5. The summed E-state index contributed by atoms with van der Waals surface area (Å²) in [7, 11) is 1.62. The number of fused-ring (bicyclic) bond motifs is 2. The van der Waals surface area contributed by atoms with E-state index in [0.29, 0.717) is 31.6 Å². The summed E-state index contributed by atoms with van der Waals surface area (Å²) in [5, 5.41) is 28.8. The summed E-state index contributed by atoms with van der Waals surface area (Å²) in [4.78, 5) is 33.5. The number of carbonyl (C=O) groups excluding carboxylic acids is 3. The van der Waals surface area contributed by atoms with E-state index in [1.54, 1.807) is 44.4 Å². The summed E-state index contributed by atoms with van der Waals surface area (Å²) in [6.07, 6.45) is 14.2. The van der Waals surface area contributed by atoms with E-state index >= 15 is 0 Å². The standard InChI is InChI=1S/C19H25NO4.C17H21NO3.C10H11IO4/c1-14-11-19(22-2)15(10-16(14)21)12-18(19,13-20)7-5-9-24-17-6-3-4-8-23-17;18-12-17(11-13-10-14(19)5-6-15(13)17)7-3-9-21-16-4-1-2-8-20-16;1-8(12)14-11(15-9(2)13)10-6-4-3-5-7-10/h10-11,17H,3-9,12H2,1-2H3;5-6,10,16,19H,1-4,7-9,11H2;3-7H,1-2H3. The zero-order chi connectivity index (χ0) is 43.2. The Balaban J connectivity index is 0.000000175. The van der Waals surface area contributed by atoms with Gasteiger partial charge in [0.2, 0.25) is 0 Å². The normalized spacial score (nSPS) is 26.4. The summed E-state index contributed by atoms with van der Waals surface area (Å²) < 4.78 is 39.2. The van der Waals surface area contributed by atoms with Gasteiger partial charge < -0.3 is 28.8 Å². The van der Waals surface area contributed by atoms with Gasteiger partial charge in [0.1, 0.15) is 11.4 Å². The first-order valence-electron chi connectivity index (χ1n) is 20.6. The maximum Gasteiger partial charge on any atom is 0.181 e. The molecule has 324 valence electrons. The number of phenols is 1. The van der Waals surface area contributed by atoms with Gasteiger partial charge in [-0.15, -0.1) is 0 Å². The molecular weight excluding hydrogens is 883 g/mol. The van der Waals surface area contributed by atoms with Crippen LogP contribution in [0.1, 0.15) is 103 Å².